The highest BCUT2D eigenvalue weighted by Gasteiger charge is 2.33. The summed E-state index contributed by atoms with van der Waals surface area (Å²) in [4.78, 5) is 23.1. The predicted octanol–water partition coefficient (Wildman–Crippen LogP) is 2.05. The van der Waals surface area contributed by atoms with Crippen molar-refractivity contribution in [2.75, 3.05) is 0 Å². The van der Waals surface area contributed by atoms with Gasteiger partial charge >= 0.3 is 11.9 Å². The number of nitrogens with two attached hydrogens (primary N) is 1. The highest BCUT2D eigenvalue weighted by Crippen LogP contribution is 2.25. The Morgan fingerprint density at radius 2 is 2.00 bits per heavy atom. The van der Waals surface area contributed by atoms with Crippen LogP contribution in [0.25, 0.3) is 0 Å². The second kappa shape index (κ2) is 6.67. The Bertz CT molecular complexity index is 525. The Morgan fingerprint density at radius 1 is 1.38 bits per heavy atom. The lowest BCUT2D eigenvalue weighted by molar-refractivity contribution is -0.157. The quantitative estimate of drug-likeness (QED) is 0.812. The molecular weight excluding hydrogens is 277 g/mol. The van der Waals surface area contributed by atoms with E-state index in [-0.39, 0.29) is 0 Å². The minimum atomic E-state index is -1.13. The number of benzene rings is 1. The number of carboxylic acid groups (broad SMARTS) is 1. The van der Waals surface area contributed by atoms with Gasteiger partial charge in [0.05, 0.1) is 12.3 Å². The molecule has 0 aliphatic heterocycles. The number of rotatable bonds is 5. The van der Waals surface area contributed by atoms with E-state index < -0.39 is 41.7 Å². The first-order valence-corrected chi connectivity index (χ1v) is 6.56. The van der Waals surface area contributed by atoms with Gasteiger partial charge in [-0.1, -0.05) is 12.1 Å². The zero-order valence-electron chi connectivity index (χ0n) is 12.3. The average molecular weight is 297 g/mol. The molecule has 0 aromatic heterocycles. The average Bonchev–Trinajstić information content (AvgIpc) is 2.25. The van der Waals surface area contributed by atoms with Crippen molar-refractivity contribution in [2.45, 2.75) is 44.8 Å². The Kier molecular flexibility index (Phi) is 5.43. The first kappa shape index (κ1) is 17.1. The fourth-order valence-corrected chi connectivity index (χ4v) is 1.94. The van der Waals surface area contributed by atoms with Crippen LogP contribution in [0.2, 0.25) is 0 Å². The Balaban J connectivity index is 3.10. The van der Waals surface area contributed by atoms with Crippen LogP contribution in [-0.4, -0.2) is 28.7 Å². The molecule has 0 fully saturated rings. The number of halogens is 1. The van der Waals surface area contributed by atoms with Gasteiger partial charge < -0.3 is 15.6 Å². The van der Waals surface area contributed by atoms with Crippen molar-refractivity contribution < 1.29 is 23.8 Å². The van der Waals surface area contributed by atoms with Crippen molar-refractivity contribution in [3.8, 4) is 0 Å². The maximum atomic E-state index is 13.3. The second-order valence-electron chi connectivity index (χ2n) is 5.83. The van der Waals surface area contributed by atoms with E-state index in [1.54, 1.807) is 20.8 Å². The van der Waals surface area contributed by atoms with Gasteiger partial charge in [0.25, 0.3) is 0 Å². The third-order valence-corrected chi connectivity index (χ3v) is 2.71. The smallest absolute Gasteiger partial charge is 0.315 e. The summed E-state index contributed by atoms with van der Waals surface area (Å²) in [5.74, 6) is -3.35. The molecule has 3 N–H and O–H groups in total. The number of carbonyl (C=O) groups excluding carboxylic acids is 1. The molecule has 0 bridgehead atoms. The predicted molar refractivity (Wildman–Crippen MR) is 75.2 cm³/mol. The van der Waals surface area contributed by atoms with Gasteiger partial charge in [0.1, 0.15) is 11.4 Å². The first-order chi connectivity index (χ1) is 9.60. The number of aliphatic carboxylic acids is 1. The van der Waals surface area contributed by atoms with Crippen LogP contribution in [0.3, 0.4) is 0 Å². The van der Waals surface area contributed by atoms with Gasteiger partial charge in [-0.2, -0.15) is 0 Å². The van der Waals surface area contributed by atoms with Gasteiger partial charge in [-0.25, -0.2) is 4.39 Å². The summed E-state index contributed by atoms with van der Waals surface area (Å²) in [5.41, 5.74) is 5.38. The normalized spacial score (nSPS) is 14.3. The van der Waals surface area contributed by atoms with Gasteiger partial charge in [-0.3, -0.25) is 9.59 Å². The molecule has 116 valence electrons. The maximum Gasteiger partial charge on any atom is 0.315 e. The van der Waals surface area contributed by atoms with E-state index in [9.17, 15) is 14.0 Å². The van der Waals surface area contributed by atoms with Crippen LogP contribution in [0.4, 0.5) is 4.39 Å². The highest BCUT2D eigenvalue weighted by molar-refractivity contribution is 5.81. The molecule has 0 saturated carbocycles. The minimum Gasteiger partial charge on any atom is -0.481 e. The van der Waals surface area contributed by atoms with Gasteiger partial charge in [0.15, 0.2) is 0 Å². The van der Waals surface area contributed by atoms with Gasteiger partial charge in [0, 0.05) is 6.04 Å². The van der Waals surface area contributed by atoms with Gasteiger partial charge in [0.2, 0.25) is 0 Å². The summed E-state index contributed by atoms with van der Waals surface area (Å²) in [6, 6.07) is 4.36. The van der Waals surface area contributed by atoms with Crippen LogP contribution in [-0.2, 0) is 14.3 Å². The Morgan fingerprint density at radius 3 is 2.48 bits per heavy atom. The van der Waals surface area contributed by atoms with Crippen LogP contribution >= 0.6 is 0 Å². The molecule has 5 nitrogen and oxygen atoms in total. The van der Waals surface area contributed by atoms with E-state index in [2.05, 4.69) is 0 Å². The molecule has 1 rings (SSSR count). The van der Waals surface area contributed by atoms with Crippen LogP contribution in [0.15, 0.2) is 24.3 Å². The lowest BCUT2D eigenvalue weighted by Crippen LogP contribution is -2.39. The summed E-state index contributed by atoms with van der Waals surface area (Å²) in [6.07, 6.45) is -0.416. The number of hydrogen-bond acceptors (Lipinski definition) is 4. The van der Waals surface area contributed by atoms with Crippen molar-refractivity contribution >= 4 is 11.9 Å². The molecular formula is C15H20FNO4. The van der Waals surface area contributed by atoms with Crippen molar-refractivity contribution in [3.05, 3.63) is 35.6 Å². The van der Waals surface area contributed by atoms with Crippen molar-refractivity contribution in [2.24, 2.45) is 5.73 Å². The molecule has 0 unspecified atom stereocenters. The van der Waals surface area contributed by atoms with E-state index in [0.717, 1.165) is 6.07 Å². The SMILES string of the molecule is CC(C)(C)OC(=O)[C@@H](c1cccc(F)c1)[C@@H](N)CC(=O)O. The third kappa shape index (κ3) is 5.51. The van der Waals surface area contributed by atoms with Crippen LogP contribution in [0.5, 0.6) is 0 Å². The molecule has 0 aliphatic rings. The van der Waals surface area contributed by atoms with Gasteiger partial charge in [-0.15, -0.1) is 0 Å². The Hall–Kier alpha value is -1.95. The van der Waals surface area contributed by atoms with Crippen LogP contribution in [0, 0.1) is 5.82 Å². The number of carbonyl (C=O) groups is 2. The Labute approximate surface area is 122 Å². The van der Waals surface area contributed by atoms with Crippen molar-refractivity contribution in [3.63, 3.8) is 0 Å². The lowest BCUT2D eigenvalue weighted by atomic mass is 9.89. The van der Waals surface area contributed by atoms with Crippen LogP contribution in [0.1, 0.15) is 38.7 Å². The number of esters is 1. The number of hydrogen-bond donors (Lipinski definition) is 2. The fourth-order valence-electron chi connectivity index (χ4n) is 1.94. The number of carboxylic acids is 1. The minimum absolute atomic E-state index is 0.304. The molecule has 0 saturated heterocycles. The topological polar surface area (TPSA) is 89.6 Å². The van der Waals surface area contributed by atoms with E-state index in [1.807, 2.05) is 0 Å². The van der Waals surface area contributed by atoms with Gasteiger partial charge in [-0.05, 0) is 38.5 Å². The van der Waals surface area contributed by atoms with Crippen LogP contribution < -0.4 is 5.73 Å². The molecule has 0 aliphatic carbocycles. The first-order valence-electron chi connectivity index (χ1n) is 6.56. The zero-order valence-corrected chi connectivity index (χ0v) is 12.3. The molecule has 0 radical (unpaired) electrons. The second-order valence-corrected chi connectivity index (χ2v) is 5.83. The van der Waals surface area contributed by atoms with Crippen molar-refractivity contribution in [1.82, 2.24) is 0 Å². The molecule has 6 heteroatoms. The monoisotopic (exact) mass is 297 g/mol. The molecule has 21 heavy (non-hydrogen) atoms. The van der Waals surface area contributed by atoms with Crippen molar-refractivity contribution in [1.29, 1.82) is 0 Å². The summed E-state index contributed by atoms with van der Waals surface area (Å²) in [5, 5.41) is 8.84. The highest BCUT2D eigenvalue weighted by atomic mass is 19.1. The summed E-state index contributed by atoms with van der Waals surface area (Å²) < 4.78 is 18.6. The summed E-state index contributed by atoms with van der Waals surface area (Å²) in [7, 11) is 0. The number of ether oxygens (including phenoxy) is 1. The summed E-state index contributed by atoms with van der Waals surface area (Å²) >= 11 is 0. The van der Waals surface area contributed by atoms with E-state index in [0.29, 0.717) is 5.56 Å². The molecule has 0 spiro atoms. The molecule has 1 aromatic carbocycles. The molecule has 1 aromatic rings. The molecule has 0 amide bonds. The molecule has 0 heterocycles. The maximum absolute atomic E-state index is 13.3. The van der Waals surface area contributed by atoms with E-state index >= 15 is 0 Å². The molecule has 2 atom stereocenters. The van der Waals surface area contributed by atoms with E-state index in [1.165, 1.54) is 18.2 Å². The zero-order chi connectivity index (χ0) is 16.2. The lowest BCUT2D eigenvalue weighted by Gasteiger charge is -2.27. The third-order valence-electron chi connectivity index (χ3n) is 2.71. The largest absolute Gasteiger partial charge is 0.481 e. The van der Waals surface area contributed by atoms with E-state index in [4.69, 9.17) is 15.6 Å². The summed E-state index contributed by atoms with van der Waals surface area (Å²) in [6.45, 7) is 5.07. The fraction of sp³-hybridized carbons (Fsp3) is 0.467. The standard InChI is InChI=1S/C15H20FNO4/c1-15(2,3)21-14(20)13(11(17)8-12(18)19)9-5-4-6-10(16)7-9/h4-7,11,13H,8,17H2,1-3H3,(H,18,19)/t11-,13-/m0/s1.